The molecule has 1 aromatic heterocycles. The Morgan fingerprint density at radius 3 is 2.47 bits per heavy atom. The maximum Gasteiger partial charge on any atom is 0.0670 e. The van der Waals surface area contributed by atoms with Crippen LogP contribution in [0, 0.1) is 11.3 Å². The lowest BCUT2D eigenvalue weighted by Crippen LogP contribution is -1.92. The second kappa shape index (κ2) is 7.52. The van der Waals surface area contributed by atoms with Gasteiger partial charge in [-0.15, -0.1) is 0 Å². The molecule has 0 aliphatic heterocycles. The lowest BCUT2D eigenvalue weighted by atomic mass is 10.0. The predicted molar refractivity (Wildman–Crippen MR) is 65.1 cm³/mol. The van der Waals surface area contributed by atoms with Crippen molar-refractivity contribution >= 4 is 12.2 Å². The minimum Gasteiger partial charge on any atom is -0.264 e. The van der Waals surface area contributed by atoms with E-state index in [0.717, 1.165) is 16.7 Å². The van der Waals surface area contributed by atoms with Gasteiger partial charge in [-0.05, 0) is 16.7 Å². The largest absolute Gasteiger partial charge is 0.264 e. The molecule has 0 bridgehead atoms. The van der Waals surface area contributed by atoms with E-state index in [1.54, 1.807) is 24.5 Å². The summed E-state index contributed by atoms with van der Waals surface area (Å²) < 4.78 is 0. The average molecular weight is 200 g/mol. The second-order valence-electron chi connectivity index (χ2n) is 2.54. The number of rotatable bonds is 3. The van der Waals surface area contributed by atoms with Crippen molar-refractivity contribution in [2.45, 2.75) is 20.3 Å². The van der Waals surface area contributed by atoms with E-state index in [1.165, 1.54) is 0 Å². The maximum absolute atomic E-state index is 8.57. The first kappa shape index (κ1) is 13.1. The Balaban J connectivity index is 0.000000921. The van der Waals surface area contributed by atoms with Crippen LogP contribution in [-0.4, -0.2) is 4.98 Å². The summed E-state index contributed by atoms with van der Waals surface area (Å²) in [5.74, 6) is 0. The third kappa shape index (κ3) is 3.40. The quantitative estimate of drug-likeness (QED) is 0.749. The molecule has 0 fully saturated rings. The zero-order valence-electron chi connectivity index (χ0n) is 9.33. The third-order valence-corrected chi connectivity index (χ3v) is 1.79. The van der Waals surface area contributed by atoms with E-state index in [-0.39, 0.29) is 0 Å². The number of nitriles is 1. The smallest absolute Gasteiger partial charge is 0.0670 e. The molecular weight excluding hydrogens is 184 g/mol. The van der Waals surface area contributed by atoms with Gasteiger partial charge in [0, 0.05) is 12.4 Å². The highest BCUT2D eigenvalue weighted by atomic mass is 14.6. The maximum atomic E-state index is 8.57. The summed E-state index contributed by atoms with van der Waals surface area (Å²) in [6.45, 7) is 11.4. The Morgan fingerprint density at radius 1 is 1.33 bits per heavy atom. The first-order valence-corrected chi connectivity index (χ1v) is 4.92. The van der Waals surface area contributed by atoms with Crippen molar-refractivity contribution in [3.05, 3.63) is 42.2 Å². The van der Waals surface area contributed by atoms with Gasteiger partial charge >= 0.3 is 0 Å². The van der Waals surface area contributed by atoms with Crippen molar-refractivity contribution in [1.29, 1.82) is 5.26 Å². The summed E-state index contributed by atoms with van der Waals surface area (Å²) >= 11 is 0. The molecule has 2 heteroatoms. The van der Waals surface area contributed by atoms with E-state index in [1.807, 2.05) is 13.8 Å². The van der Waals surface area contributed by atoms with Gasteiger partial charge in [0.2, 0.25) is 0 Å². The number of hydrogen-bond donors (Lipinski definition) is 0. The first-order valence-electron chi connectivity index (χ1n) is 4.92. The molecule has 0 saturated heterocycles. The fraction of sp³-hybridized carbons (Fsp3) is 0.231. The molecule has 0 aliphatic rings. The molecular formula is C13H16N2. The zero-order chi connectivity index (χ0) is 11.7. The first-order chi connectivity index (χ1) is 7.33. The van der Waals surface area contributed by atoms with Gasteiger partial charge in [-0.2, -0.15) is 5.26 Å². The van der Waals surface area contributed by atoms with Gasteiger partial charge in [-0.1, -0.05) is 39.2 Å². The molecule has 0 saturated carbocycles. The Bertz CT molecular complexity index is 373. The van der Waals surface area contributed by atoms with Gasteiger partial charge in [0.05, 0.1) is 12.5 Å². The number of aromatic nitrogens is 1. The van der Waals surface area contributed by atoms with E-state index >= 15 is 0 Å². The molecule has 0 aromatic carbocycles. The summed E-state index contributed by atoms with van der Waals surface area (Å²) in [6, 6.07) is 2.09. The molecule has 0 spiro atoms. The van der Waals surface area contributed by atoms with Crippen LogP contribution in [0.2, 0.25) is 0 Å². The van der Waals surface area contributed by atoms with Gasteiger partial charge in [0.25, 0.3) is 0 Å². The van der Waals surface area contributed by atoms with Crippen molar-refractivity contribution in [2.24, 2.45) is 0 Å². The minimum absolute atomic E-state index is 0.357. The number of nitrogens with zero attached hydrogens (tertiary/aromatic N) is 2. The van der Waals surface area contributed by atoms with Gasteiger partial charge in [-0.3, -0.25) is 4.98 Å². The van der Waals surface area contributed by atoms with Crippen LogP contribution >= 0.6 is 0 Å². The van der Waals surface area contributed by atoms with E-state index < -0.39 is 0 Å². The highest BCUT2D eigenvalue weighted by Crippen LogP contribution is 2.16. The van der Waals surface area contributed by atoms with E-state index in [2.05, 4.69) is 24.2 Å². The molecule has 0 atom stereocenters. The Kier molecular flexibility index (Phi) is 6.57. The normalized spacial score (nSPS) is 8.07. The van der Waals surface area contributed by atoms with E-state index in [9.17, 15) is 0 Å². The topological polar surface area (TPSA) is 36.7 Å². The molecule has 0 amide bonds. The molecule has 1 rings (SSSR count). The Morgan fingerprint density at radius 2 is 2.00 bits per heavy atom. The van der Waals surface area contributed by atoms with Crippen LogP contribution < -0.4 is 0 Å². The molecule has 0 N–H and O–H groups in total. The number of hydrogen-bond acceptors (Lipinski definition) is 2. The van der Waals surface area contributed by atoms with Crippen molar-refractivity contribution in [3.8, 4) is 6.07 Å². The highest BCUT2D eigenvalue weighted by Gasteiger charge is 2.02. The lowest BCUT2D eigenvalue weighted by Gasteiger charge is -2.04. The molecule has 78 valence electrons. The standard InChI is InChI=1S/C11H10N2.C2H6/c1-3-9-7-13-8-10(5-6-12)11(9)4-2;1-2/h3-4,7-8H,1-2,5H2;1-2H3. The van der Waals surface area contributed by atoms with E-state index in [0.29, 0.717) is 6.42 Å². The SMILES string of the molecule is C=Cc1cncc(CC#N)c1C=C.CC. The Hall–Kier alpha value is -1.88. The lowest BCUT2D eigenvalue weighted by molar-refractivity contribution is 1.17. The van der Waals surface area contributed by atoms with Crippen LogP contribution in [0.3, 0.4) is 0 Å². The van der Waals surface area contributed by atoms with Crippen molar-refractivity contribution in [1.82, 2.24) is 4.98 Å². The van der Waals surface area contributed by atoms with Gasteiger partial charge in [-0.25, -0.2) is 0 Å². The molecule has 15 heavy (non-hydrogen) atoms. The fourth-order valence-electron chi connectivity index (χ4n) is 1.17. The second-order valence-corrected chi connectivity index (χ2v) is 2.54. The Labute approximate surface area is 91.6 Å². The molecule has 0 aliphatic carbocycles. The zero-order valence-corrected chi connectivity index (χ0v) is 9.33. The van der Waals surface area contributed by atoms with Crippen LogP contribution in [0.5, 0.6) is 0 Å². The summed E-state index contributed by atoms with van der Waals surface area (Å²) in [7, 11) is 0. The highest BCUT2D eigenvalue weighted by molar-refractivity contribution is 5.65. The van der Waals surface area contributed by atoms with Crippen LogP contribution in [0.4, 0.5) is 0 Å². The molecule has 0 unspecified atom stereocenters. The van der Waals surface area contributed by atoms with Crippen LogP contribution in [0.25, 0.3) is 12.2 Å². The van der Waals surface area contributed by atoms with Crippen LogP contribution in [-0.2, 0) is 6.42 Å². The van der Waals surface area contributed by atoms with Crippen LogP contribution in [0.15, 0.2) is 25.6 Å². The summed E-state index contributed by atoms with van der Waals surface area (Å²) in [6.07, 6.45) is 7.20. The summed E-state index contributed by atoms with van der Waals surface area (Å²) in [5.41, 5.74) is 2.77. The van der Waals surface area contributed by atoms with Gasteiger partial charge in [0.15, 0.2) is 0 Å². The van der Waals surface area contributed by atoms with Gasteiger partial charge in [0.1, 0.15) is 0 Å². The molecule has 2 nitrogen and oxygen atoms in total. The van der Waals surface area contributed by atoms with E-state index in [4.69, 9.17) is 5.26 Å². The van der Waals surface area contributed by atoms with Crippen molar-refractivity contribution in [2.75, 3.05) is 0 Å². The summed E-state index contributed by atoms with van der Waals surface area (Å²) in [5, 5.41) is 8.57. The third-order valence-electron chi connectivity index (χ3n) is 1.79. The van der Waals surface area contributed by atoms with Gasteiger partial charge < -0.3 is 0 Å². The molecule has 1 heterocycles. The average Bonchev–Trinajstić information content (AvgIpc) is 2.31. The molecule has 1 aromatic rings. The molecule has 0 radical (unpaired) electrons. The summed E-state index contributed by atoms with van der Waals surface area (Å²) in [4.78, 5) is 4.01. The van der Waals surface area contributed by atoms with Crippen molar-refractivity contribution < 1.29 is 0 Å². The monoisotopic (exact) mass is 200 g/mol. The van der Waals surface area contributed by atoms with Crippen LogP contribution in [0.1, 0.15) is 30.5 Å². The predicted octanol–water partition coefficient (Wildman–Crippen LogP) is 3.46. The minimum atomic E-state index is 0.357. The fourth-order valence-corrected chi connectivity index (χ4v) is 1.17. The van der Waals surface area contributed by atoms with Crippen molar-refractivity contribution in [3.63, 3.8) is 0 Å². The number of pyridine rings is 1.